The highest BCUT2D eigenvalue weighted by atomic mass is 16.2. The Balaban J connectivity index is 1.50. The molecule has 0 radical (unpaired) electrons. The molecular weight excluding hydrogens is 340 g/mol. The van der Waals surface area contributed by atoms with Gasteiger partial charge in [-0.1, -0.05) is 12.1 Å². The second-order valence-corrected chi connectivity index (χ2v) is 7.47. The van der Waals surface area contributed by atoms with Gasteiger partial charge in [0.25, 0.3) is 11.8 Å². The maximum absolute atomic E-state index is 13.1. The van der Waals surface area contributed by atoms with Crippen molar-refractivity contribution < 1.29 is 9.59 Å². The van der Waals surface area contributed by atoms with Gasteiger partial charge >= 0.3 is 0 Å². The predicted molar refractivity (Wildman–Crippen MR) is 101 cm³/mol. The minimum absolute atomic E-state index is 0.0193. The summed E-state index contributed by atoms with van der Waals surface area (Å²) in [6, 6.07) is 11.3. The molecule has 2 amide bonds. The first kappa shape index (κ1) is 17.6. The van der Waals surface area contributed by atoms with Crippen LogP contribution in [0.5, 0.6) is 0 Å². The van der Waals surface area contributed by atoms with E-state index in [1.807, 2.05) is 47.9 Å². The van der Waals surface area contributed by atoms with Crippen LogP contribution in [-0.4, -0.2) is 56.8 Å². The van der Waals surface area contributed by atoms with Crippen molar-refractivity contribution in [1.29, 1.82) is 0 Å². The number of nitrogens with zero attached hydrogens (tertiary/aromatic N) is 4. The van der Waals surface area contributed by atoms with Gasteiger partial charge in [0.2, 0.25) is 0 Å². The second-order valence-electron chi connectivity index (χ2n) is 7.47. The zero-order valence-electron chi connectivity index (χ0n) is 15.8. The molecule has 1 atom stereocenters. The fourth-order valence-corrected chi connectivity index (χ4v) is 3.75. The zero-order valence-corrected chi connectivity index (χ0v) is 15.8. The van der Waals surface area contributed by atoms with E-state index in [1.54, 1.807) is 12.1 Å². The standard InChI is InChI=1S/C21H24N4O2/c1-14-5-3-7-18(22-14)20(26)24-12-11-17(13-24)25(16-9-10-16)21(27)19-8-4-6-15(2)23-19/h3-8,16-17H,9-13H2,1-2H3/t17-/m0/s1. The summed E-state index contributed by atoms with van der Waals surface area (Å²) in [7, 11) is 0. The first-order valence-corrected chi connectivity index (χ1v) is 9.52. The first-order valence-electron chi connectivity index (χ1n) is 9.52. The third-order valence-corrected chi connectivity index (χ3v) is 5.23. The van der Waals surface area contributed by atoms with E-state index in [-0.39, 0.29) is 23.9 Å². The molecule has 1 saturated carbocycles. The molecule has 2 aromatic heterocycles. The lowest BCUT2D eigenvalue weighted by Crippen LogP contribution is -2.44. The van der Waals surface area contributed by atoms with E-state index in [0.29, 0.717) is 24.5 Å². The molecule has 1 aliphatic heterocycles. The van der Waals surface area contributed by atoms with Gasteiger partial charge in [-0.25, -0.2) is 9.97 Å². The molecule has 1 aliphatic carbocycles. The summed E-state index contributed by atoms with van der Waals surface area (Å²) in [4.78, 5) is 38.4. The molecule has 6 heteroatoms. The smallest absolute Gasteiger partial charge is 0.273 e. The van der Waals surface area contributed by atoms with Gasteiger partial charge < -0.3 is 9.80 Å². The monoisotopic (exact) mass is 364 g/mol. The lowest BCUT2D eigenvalue weighted by molar-refractivity contribution is 0.0635. The summed E-state index contributed by atoms with van der Waals surface area (Å²) in [5.41, 5.74) is 2.63. The summed E-state index contributed by atoms with van der Waals surface area (Å²) in [6.07, 6.45) is 2.86. The molecule has 27 heavy (non-hydrogen) atoms. The molecule has 4 rings (SSSR count). The van der Waals surface area contributed by atoms with Crippen LogP contribution in [-0.2, 0) is 0 Å². The molecule has 140 valence electrons. The van der Waals surface area contributed by atoms with E-state index in [2.05, 4.69) is 9.97 Å². The van der Waals surface area contributed by atoms with E-state index in [4.69, 9.17) is 0 Å². The molecule has 1 saturated heterocycles. The normalized spacial score (nSPS) is 19.2. The number of carbonyl (C=O) groups is 2. The molecule has 0 bridgehead atoms. The maximum Gasteiger partial charge on any atom is 0.273 e. The number of carbonyl (C=O) groups excluding carboxylic acids is 2. The average Bonchev–Trinajstić information content (AvgIpc) is 3.37. The maximum atomic E-state index is 13.1. The fraction of sp³-hybridized carbons (Fsp3) is 0.429. The van der Waals surface area contributed by atoms with Crippen LogP contribution in [0, 0.1) is 13.8 Å². The van der Waals surface area contributed by atoms with Crippen LogP contribution in [0.25, 0.3) is 0 Å². The number of hydrogen-bond acceptors (Lipinski definition) is 4. The largest absolute Gasteiger partial charge is 0.335 e. The number of aromatic nitrogens is 2. The van der Waals surface area contributed by atoms with Crippen LogP contribution >= 0.6 is 0 Å². The summed E-state index contributed by atoms with van der Waals surface area (Å²) >= 11 is 0. The number of rotatable bonds is 4. The molecule has 6 nitrogen and oxygen atoms in total. The number of aryl methyl sites for hydroxylation is 2. The van der Waals surface area contributed by atoms with E-state index < -0.39 is 0 Å². The lowest BCUT2D eigenvalue weighted by atomic mass is 10.2. The third-order valence-electron chi connectivity index (χ3n) is 5.23. The SMILES string of the molecule is Cc1cccc(C(=O)N2CC[C@H](N(C(=O)c3cccc(C)n3)C3CC3)C2)n1. The summed E-state index contributed by atoms with van der Waals surface area (Å²) in [5, 5.41) is 0. The summed E-state index contributed by atoms with van der Waals surface area (Å²) in [6.45, 7) is 4.98. The molecule has 0 unspecified atom stereocenters. The van der Waals surface area contributed by atoms with Gasteiger partial charge in [-0.2, -0.15) is 0 Å². The minimum Gasteiger partial charge on any atom is -0.335 e. The Morgan fingerprint density at radius 3 is 2.19 bits per heavy atom. The average molecular weight is 364 g/mol. The number of likely N-dealkylation sites (tertiary alicyclic amines) is 1. The van der Waals surface area contributed by atoms with Crippen molar-refractivity contribution in [2.45, 2.75) is 45.2 Å². The minimum atomic E-state index is -0.0573. The lowest BCUT2D eigenvalue weighted by Gasteiger charge is -2.29. The highest BCUT2D eigenvalue weighted by Crippen LogP contribution is 2.33. The number of pyridine rings is 2. The van der Waals surface area contributed by atoms with Gasteiger partial charge in [0, 0.05) is 30.5 Å². The van der Waals surface area contributed by atoms with Crippen LogP contribution in [0.3, 0.4) is 0 Å². The van der Waals surface area contributed by atoms with Crippen molar-refractivity contribution in [3.63, 3.8) is 0 Å². The molecule has 3 heterocycles. The second kappa shape index (κ2) is 7.10. The van der Waals surface area contributed by atoms with Crippen molar-refractivity contribution in [2.75, 3.05) is 13.1 Å². The Morgan fingerprint density at radius 1 is 0.926 bits per heavy atom. The van der Waals surface area contributed by atoms with E-state index in [0.717, 1.165) is 30.7 Å². The molecule has 2 aromatic rings. The van der Waals surface area contributed by atoms with Crippen molar-refractivity contribution in [3.8, 4) is 0 Å². The highest BCUT2D eigenvalue weighted by Gasteiger charge is 2.41. The van der Waals surface area contributed by atoms with Crippen molar-refractivity contribution in [1.82, 2.24) is 19.8 Å². The Bertz CT molecular complexity index is 878. The van der Waals surface area contributed by atoms with Gasteiger partial charge in [-0.15, -0.1) is 0 Å². The van der Waals surface area contributed by atoms with Crippen LogP contribution in [0.1, 0.15) is 51.6 Å². The van der Waals surface area contributed by atoms with E-state index in [9.17, 15) is 9.59 Å². The van der Waals surface area contributed by atoms with E-state index >= 15 is 0 Å². The number of amides is 2. The molecule has 0 aromatic carbocycles. The van der Waals surface area contributed by atoms with Crippen molar-refractivity contribution >= 4 is 11.8 Å². The molecule has 0 N–H and O–H groups in total. The van der Waals surface area contributed by atoms with Crippen LogP contribution in [0.15, 0.2) is 36.4 Å². The quantitative estimate of drug-likeness (QED) is 0.836. The Morgan fingerprint density at radius 2 is 1.56 bits per heavy atom. The predicted octanol–water partition coefficient (Wildman–Crippen LogP) is 2.61. The van der Waals surface area contributed by atoms with Gasteiger partial charge in [0.05, 0.1) is 6.04 Å². The molecule has 2 fully saturated rings. The zero-order chi connectivity index (χ0) is 19.0. The van der Waals surface area contributed by atoms with E-state index in [1.165, 1.54) is 0 Å². The van der Waals surface area contributed by atoms with Crippen molar-refractivity contribution in [2.24, 2.45) is 0 Å². The van der Waals surface area contributed by atoms with Gasteiger partial charge in [-0.3, -0.25) is 9.59 Å². The molecule has 2 aliphatic rings. The Labute approximate surface area is 159 Å². The Kier molecular flexibility index (Phi) is 4.64. The number of hydrogen-bond donors (Lipinski definition) is 0. The van der Waals surface area contributed by atoms with Gasteiger partial charge in [0.15, 0.2) is 0 Å². The Hall–Kier alpha value is -2.76. The van der Waals surface area contributed by atoms with Gasteiger partial charge in [-0.05, 0) is 57.4 Å². The van der Waals surface area contributed by atoms with Crippen LogP contribution in [0.2, 0.25) is 0 Å². The van der Waals surface area contributed by atoms with Crippen LogP contribution < -0.4 is 0 Å². The topological polar surface area (TPSA) is 66.4 Å². The molecule has 0 spiro atoms. The highest BCUT2D eigenvalue weighted by molar-refractivity contribution is 5.94. The summed E-state index contributed by atoms with van der Waals surface area (Å²) < 4.78 is 0. The van der Waals surface area contributed by atoms with Crippen molar-refractivity contribution in [3.05, 3.63) is 59.2 Å². The third kappa shape index (κ3) is 3.70. The molecular formula is C21H24N4O2. The summed E-state index contributed by atoms with van der Waals surface area (Å²) in [5.74, 6) is -0.0766. The van der Waals surface area contributed by atoms with Crippen LogP contribution in [0.4, 0.5) is 0 Å². The fourth-order valence-electron chi connectivity index (χ4n) is 3.75. The first-order chi connectivity index (χ1) is 13.0. The van der Waals surface area contributed by atoms with Gasteiger partial charge in [0.1, 0.15) is 11.4 Å².